The molecule has 108 valence electrons. The molecule has 19 heavy (non-hydrogen) atoms. The molecular weight excluding hydrogens is 237 g/mol. The normalized spacial score (nSPS) is 14.3. The first-order valence-corrected chi connectivity index (χ1v) is 7.67. The van der Waals surface area contributed by atoms with Gasteiger partial charge in [-0.15, -0.1) is 0 Å². The van der Waals surface area contributed by atoms with Gasteiger partial charge in [0, 0.05) is 6.54 Å². The van der Waals surface area contributed by atoms with Crippen molar-refractivity contribution in [2.45, 2.75) is 64.0 Å². The van der Waals surface area contributed by atoms with E-state index in [-0.39, 0.29) is 6.54 Å². The zero-order chi connectivity index (χ0) is 14.0. The average Bonchev–Trinajstić information content (AvgIpc) is 2.47. The minimum Gasteiger partial charge on any atom is -0.327 e. The molecular formula is C17H28FN. The summed E-state index contributed by atoms with van der Waals surface area (Å²) in [6, 6.07) is 9.35. The maximum atomic E-state index is 14.8. The summed E-state index contributed by atoms with van der Waals surface area (Å²) >= 11 is 0. The highest BCUT2D eigenvalue weighted by Crippen LogP contribution is 2.30. The van der Waals surface area contributed by atoms with E-state index >= 15 is 0 Å². The number of alkyl halides is 1. The second kappa shape index (κ2) is 9.08. The lowest BCUT2D eigenvalue weighted by atomic mass is 9.90. The van der Waals surface area contributed by atoms with Crippen LogP contribution in [-0.2, 0) is 5.67 Å². The third-order valence-electron chi connectivity index (χ3n) is 3.79. The molecule has 1 aromatic carbocycles. The van der Waals surface area contributed by atoms with Gasteiger partial charge in [-0.2, -0.15) is 0 Å². The summed E-state index contributed by atoms with van der Waals surface area (Å²) in [4.78, 5) is 0. The van der Waals surface area contributed by atoms with Crippen LogP contribution in [0.4, 0.5) is 4.39 Å². The molecule has 0 aliphatic heterocycles. The topological polar surface area (TPSA) is 26.0 Å². The molecule has 0 aliphatic rings. The number of nitrogens with two attached hydrogens (primary N) is 1. The Hall–Kier alpha value is -0.890. The van der Waals surface area contributed by atoms with Crippen LogP contribution < -0.4 is 5.73 Å². The van der Waals surface area contributed by atoms with Crippen molar-refractivity contribution < 1.29 is 4.39 Å². The van der Waals surface area contributed by atoms with Crippen molar-refractivity contribution in [2.75, 3.05) is 6.54 Å². The van der Waals surface area contributed by atoms with Crippen LogP contribution in [0.3, 0.4) is 0 Å². The van der Waals surface area contributed by atoms with Gasteiger partial charge in [-0.05, 0) is 18.4 Å². The molecule has 0 amide bonds. The van der Waals surface area contributed by atoms with E-state index in [9.17, 15) is 4.39 Å². The molecule has 0 saturated heterocycles. The number of benzene rings is 1. The number of rotatable bonds is 10. The highest BCUT2D eigenvalue weighted by atomic mass is 19.1. The molecule has 0 fully saturated rings. The highest BCUT2D eigenvalue weighted by molar-refractivity contribution is 5.22. The highest BCUT2D eigenvalue weighted by Gasteiger charge is 2.29. The van der Waals surface area contributed by atoms with Gasteiger partial charge in [0.05, 0.1) is 0 Å². The first-order valence-electron chi connectivity index (χ1n) is 7.67. The third kappa shape index (κ3) is 5.73. The van der Waals surface area contributed by atoms with Gasteiger partial charge in [0.1, 0.15) is 5.67 Å². The SMILES string of the molecule is CCCCCCCCCC(F)(CN)c1ccccc1. The molecule has 2 N–H and O–H groups in total. The molecule has 1 atom stereocenters. The molecule has 0 saturated carbocycles. The van der Waals surface area contributed by atoms with E-state index < -0.39 is 5.67 Å². The number of hydrogen-bond acceptors (Lipinski definition) is 1. The quantitative estimate of drug-likeness (QED) is 0.595. The van der Waals surface area contributed by atoms with Crippen molar-refractivity contribution >= 4 is 0 Å². The molecule has 0 bridgehead atoms. The van der Waals surface area contributed by atoms with E-state index in [4.69, 9.17) is 5.73 Å². The lowest BCUT2D eigenvalue weighted by Crippen LogP contribution is -2.30. The van der Waals surface area contributed by atoms with Crippen molar-refractivity contribution in [1.82, 2.24) is 0 Å². The van der Waals surface area contributed by atoms with Gasteiger partial charge in [0.25, 0.3) is 0 Å². The molecule has 0 aromatic heterocycles. The van der Waals surface area contributed by atoms with Crippen LogP contribution in [0.25, 0.3) is 0 Å². The molecule has 0 aliphatic carbocycles. The first-order chi connectivity index (χ1) is 9.23. The molecule has 0 radical (unpaired) electrons. The lowest BCUT2D eigenvalue weighted by molar-refractivity contribution is 0.155. The van der Waals surface area contributed by atoms with E-state index in [0.29, 0.717) is 6.42 Å². The Morgan fingerprint density at radius 3 is 2.11 bits per heavy atom. The summed E-state index contributed by atoms with van der Waals surface area (Å²) < 4.78 is 14.8. The fourth-order valence-corrected chi connectivity index (χ4v) is 2.46. The van der Waals surface area contributed by atoms with E-state index in [2.05, 4.69) is 6.92 Å². The summed E-state index contributed by atoms with van der Waals surface area (Å²) in [7, 11) is 0. The Balaban J connectivity index is 2.29. The van der Waals surface area contributed by atoms with E-state index in [1.165, 1.54) is 32.1 Å². The van der Waals surface area contributed by atoms with E-state index in [1.807, 2.05) is 30.3 Å². The van der Waals surface area contributed by atoms with Gasteiger partial charge in [-0.25, -0.2) is 4.39 Å². The minimum atomic E-state index is -1.34. The summed E-state index contributed by atoms with van der Waals surface area (Å²) in [5.74, 6) is 0. The van der Waals surface area contributed by atoms with Crippen LogP contribution in [0, 0.1) is 0 Å². The minimum absolute atomic E-state index is 0.0762. The van der Waals surface area contributed by atoms with Crippen LogP contribution in [0.15, 0.2) is 30.3 Å². The monoisotopic (exact) mass is 265 g/mol. The van der Waals surface area contributed by atoms with Crippen LogP contribution in [-0.4, -0.2) is 6.54 Å². The lowest BCUT2D eigenvalue weighted by Gasteiger charge is -2.24. The third-order valence-corrected chi connectivity index (χ3v) is 3.79. The summed E-state index contributed by atoms with van der Waals surface area (Å²) in [5, 5.41) is 0. The van der Waals surface area contributed by atoms with Gasteiger partial charge < -0.3 is 5.73 Å². The Labute approximate surface area is 117 Å². The van der Waals surface area contributed by atoms with Crippen molar-refractivity contribution in [3.63, 3.8) is 0 Å². The summed E-state index contributed by atoms with van der Waals surface area (Å²) in [5.41, 5.74) is 5.03. The molecule has 2 heteroatoms. The van der Waals surface area contributed by atoms with Crippen molar-refractivity contribution in [1.29, 1.82) is 0 Å². The molecule has 1 nitrogen and oxygen atoms in total. The number of halogens is 1. The first kappa shape index (κ1) is 16.2. The van der Waals surface area contributed by atoms with E-state index in [0.717, 1.165) is 18.4 Å². The van der Waals surface area contributed by atoms with Crippen LogP contribution >= 0.6 is 0 Å². The van der Waals surface area contributed by atoms with Crippen molar-refractivity contribution in [3.8, 4) is 0 Å². The molecule has 1 unspecified atom stereocenters. The molecule has 1 rings (SSSR count). The van der Waals surface area contributed by atoms with Crippen LogP contribution in [0.5, 0.6) is 0 Å². The zero-order valence-corrected chi connectivity index (χ0v) is 12.2. The summed E-state index contributed by atoms with van der Waals surface area (Å²) in [6.45, 7) is 2.30. The van der Waals surface area contributed by atoms with Gasteiger partial charge in [0.15, 0.2) is 0 Å². The standard InChI is InChI=1S/C17H28FN/c1-2-3-4-5-6-7-11-14-17(18,15-19)16-12-9-8-10-13-16/h8-10,12-13H,2-7,11,14-15,19H2,1H3. The Morgan fingerprint density at radius 1 is 0.947 bits per heavy atom. The van der Waals surface area contributed by atoms with E-state index in [1.54, 1.807) is 0 Å². The average molecular weight is 265 g/mol. The zero-order valence-electron chi connectivity index (χ0n) is 12.2. The van der Waals surface area contributed by atoms with Crippen molar-refractivity contribution in [3.05, 3.63) is 35.9 Å². The fourth-order valence-electron chi connectivity index (χ4n) is 2.46. The largest absolute Gasteiger partial charge is 0.327 e. The molecule has 0 heterocycles. The summed E-state index contributed by atoms with van der Waals surface area (Å²) in [6.07, 6.45) is 8.98. The van der Waals surface area contributed by atoms with Gasteiger partial charge in [-0.1, -0.05) is 75.8 Å². The van der Waals surface area contributed by atoms with Gasteiger partial charge >= 0.3 is 0 Å². The number of unbranched alkanes of at least 4 members (excludes halogenated alkanes) is 6. The predicted molar refractivity (Wildman–Crippen MR) is 80.9 cm³/mol. The smallest absolute Gasteiger partial charge is 0.148 e. The maximum Gasteiger partial charge on any atom is 0.148 e. The van der Waals surface area contributed by atoms with Crippen molar-refractivity contribution in [2.24, 2.45) is 5.73 Å². The fraction of sp³-hybridized carbons (Fsp3) is 0.647. The Kier molecular flexibility index (Phi) is 7.73. The van der Waals surface area contributed by atoms with Gasteiger partial charge in [0.2, 0.25) is 0 Å². The Morgan fingerprint density at radius 2 is 1.53 bits per heavy atom. The van der Waals surface area contributed by atoms with Crippen LogP contribution in [0.1, 0.15) is 63.9 Å². The van der Waals surface area contributed by atoms with Crippen LogP contribution in [0.2, 0.25) is 0 Å². The second-order valence-corrected chi connectivity index (χ2v) is 5.41. The Bertz CT molecular complexity index is 325. The predicted octanol–water partition coefficient (Wildman–Crippen LogP) is 4.95. The number of hydrogen-bond donors (Lipinski definition) is 1. The van der Waals surface area contributed by atoms with Gasteiger partial charge in [-0.3, -0.25) is 0 Å². The molecule has 0 spiro atoms. The maximum absolute atomic E-state index is 14.8. The molecule has 1 aromatic rings. The second-order valence-electron chi connectivity index (χ2n) is 5.41.